The number of carbonyl (C=O) groups is 2. The molecular formula is C21H30O4. The zero-order valence-electron chi connectivity index (χ0n) is 15.4. The van der Waals surface area contributed by atoms with Gasteiger partial charge in [0, 0.05) is 17.8 Å². The van der Waals surface area contributed by atoms with Crippen LogP contribution in [-0.2, 0) is 9.59 Å². The number of carbonyl (C=O) groups excluding carboxylic acids is 2. The van der Waals surface area contributed by atoms with Gasteiger partial charge in [0.25, 0.3) is 0 Å². The van der Waals surface area contributed by atoms with Crippen LogP contribution in [0.3, 0.4) is 0 Å². The van der Waals surface area contributed by atoms with Gasteiger partial charge < -0.3 is 10.2 Å². The zero-order valence-corrected chi connectivity index (χ0v) is 15.4. The first-order chi connectivity index (χ1) is 11.8. The largest absolute Gasteiger partial charge is 0.389 e. The maximum atomic E-state index is 12.3. The normalized spacial score (nSPS) is 49.0. The molecule has 0 spiro atoms. The summed E-state index contributed by atoms with van der Waals surface area (Å²) in [7, 11) is 0. The van der Waals surface area contributed by atoms with Gasteiger partial charge in [-0.05, 0) is 68.3 Å². The highest BCUT2D eigenvalue weighted by Crippen LogP contribution is 2.68. The van der Waals surface area contributed by atoms with Crippen molar-refractivity contribution in [2.45, 2.75) is 70.8 Å². The fourth-order valence-corrected chi connectivity index (χ4v) is 7.16. The van der Waals surface area contributed by atoms with Crippen molar-refractivity contribution in [3.8, 4) is 0 Å². The van der Waals surface area contributed by atoms with Crippen LogP contribution in [0.1, 0.15) is 65.2 Å². The van der Waals surface area contributed by atoms with Gasteiger partial charge in [0.2, 0.25) is 0 Å². The Hall–Kier alpha value is -1.00. The lowest BCUT2D eigenvalue weighted by Gasteiger charge is -2.61. The van der Waals surface area contributed by atoms with E-state index in [1.165, 1.54) is 5.57 Å². The molecule has 3 saturated carbocycles. The van der Waals surface area contributed by atoms with E-state index in [2.05, 4.69) is 13.8 Å². The van der Waals surface area contributed by atoms with Crippen molar-refractivity contribution < 1.29 is 19.8 Å². The summed E-state index contributed by atoms with van der Waals surface area (Å²) in [5, 5.41) is 21.2. The third-order valence-corrected chi connectivity index (χ3v) is 8.69. The zero-order chi connectivity index (χ0) is 18.0. The number of aliphatic hydroxyl groups excluding tert-OH is 1. The molecule has 3 fully saturated rings. The van der Waals surface area contributed by atoms with E-state index in [1.807, 2.05) is 6.08 Å². The van der Waals surface area contributed by atoms with Crippen LogP contribution < -0.4 is 0 Å². The second kappa shape index (κ2) is 5.50. The van der Waals surface area contributed by atoms with E-state index in [0.29, 0.717) is 25.2 Å². The Bertz CT molecular complexity index is 652. The molecule has 0 saturated heterocycles. The SMILES string of the molecule is C[C@]12CCC(=O)C=C1CC[C@@H]1[C@@H]2CC[C@]2(C)[C@@H](C(=O)CO)CC[C@@]12O. The molecule has 25 heavy (non-hydrogen) atoms. The number of fused-ring (bicyclic) bond motifs is 5. The first-order valence-corrected chi connectivity index (χ1v) is 9.86. The lowest BCUT2D eigenvalue weighted by atomic mass is 9.45. The molecule has 138 valence electrons. The fraction of sp³-hybridized carbons (Fsp3) is 0.810. The minimum Gasteiger partial charge on any atom is -0.389 e. The van der Waals surface area contributed by atoms with Gasteiger partial charge in [-0.15, -0.1) is 0 Å². The van der Waals surface area contributed by atoms with Crippen molar-refractivity contribution >= 4 is 11.6 Å². The van der Waals surface area contributed by atoms with Crippen molar-refractivity contribution in [3.63, 3.8) is 0 Å². The fourth-order valence-electron chi connectivity index (χ4n) is 7.16. The molecule has 6 atom stereocenters. The highest BCUT2D eigenvalue weighted by molar-refractivity contribution is 5.91. The number of hydrogen-bond acceptors (Lipinski definition) is 4. The predicted octanol–water partition coefficient (Wildman–Crippen LogP) is 2.81. The highest BCUT2D eigenvalue weighted by atomic mass is 16.3. The number of hydrogen-bond donors (Lipinski definition) is 2. The van der Waals surface area contributed by atoms with Crippen molar-refractivity contribution in [1.82, 2.24) is 0 Å². The van der Waals surface area contributed by atoms with Crippen LogP contribution in [0, 0.1) is 28.6 Å². The van der Waals surface area contributed by atoms with E-state index in [0.717, 1.165) is 32.1 Å². The predicted molar refractivity (Wildman–Crippen MR) is 93.8 cm³/mol. The quantitative estimate of drug-likeness (QED) is 0.806. The molecule has 0 unspecified atom stereocenters. The van der Waals surface area contributed by atoms with Crippen molar-refractivity contribution in [2.24, 2.45) is 28.6 Å². The first-order valence-electron chi connectivity index (χ1n) is 9.86. The van der Waals surface area contributed by atoms with E-state index < -0.39 is 17.6 Å². The molecule has 4 aliphatic rings. The molecule has 4 heteroatoms. The summed E-state index contributed by atoms with van der Waals surface area (Å²) in [5.41, 5.74) is 0.0721. The van der Waals surface area contributed by atoms with Crippen LogP contribution in [0.2, 0.25) is 0 Å². The summed E-state index contributed by atoms with van der Waals surface area (Å²) in [4.78, 5) is 24.2. The van der Waals surface area contributed by atoms with Crippen LogP contribution in [0.25, 0.3) is 0 Å². The van der Waals surface area contributed by atoms with E-state index in [4.69, 9.17) is 0 Å². The average molecular weight is 346 g/mol. The average Bonchev–Trinajstić information content (AvgIpc) is 2.86. The van der Waals surface area contributed by atoms with Crippen LogP contribution in [0.4, 0.5) is 0 Å². The molecular weight excluding hydrogens is 316 g/mol. The molecule has 0 radical (unpaired) electrons. The van der Waals surface area contributed by atoms with Crippen LogP contribution in [0.15, 0.2) is 11.6 Å². The maximum Gasteiger partial charge on any atom is 0.161 e. The molecule has 4 nitrogen and oxygen atoms in total. The summed E-state index contributed by atoms with van der Waals surface area (Å²) in [6, 6.07) is 0. The summed E-state index contributed by atoms with van der Waals surface area (Å²) >= 11 is 0. The van der Waals surface area contributed by atoms with Gasteiger partial charge in [-0.2, -0.15) is 0 Å². The minimum atomic E-state index is -0.818. The molecule has 0 aromatic rings. The number of allylic oxidation sites excluding steroid dienone is 1. The Morgan fingerprint density at radius 3 is 2.60 bits per heavy atom. The number of rotatable bonds is 2. The Kier molecular flexibility index (Phi) is 3.83. The van der Waals surface area contributed by atoms with E-state index in [-0.39, 0.29) is 28.8 Å². The molecule has 0 aliphatic heterocycles. The topological polar surface area (TPSA) is 74.6 Å². The lowest BCUT2D eigenvalue weighted by Crippen LogP contribution is -2.61. The Morgan fingerprint density at radius 1 is 1.12 bits per heavy atom. The molecule has 4 aliphatic carbocycles. The van der Waals surface area contributed by atoms with Crippen LogP contribution in [-0.4, -0.2) is 34.0 Å². The van der Waals surface area contributed by atoms with Gasteiger partial charge in [0.05, 0.1) is 5.60 Å². The van der Waals surface area contributed by atoms with Gasteiger partial charge >= 0.3 is 0 Å². The summed E-state index contributed by atoms with van der Waals surface area (Å²) in [6.07, 6.45) is 8.37. The van der Waals surface area contributed by atoms with Gasteiger partial charge in [-0.25, -0.2) is 0 Å². The van der Waals surface area contributed by atoms with E-state index >= 15 is 0 Å². The Balaban J connectivity index is 1.71. The third-order valence-electron chi connectivity index (χ3n) is 8.69. The molecule has 2 N–H and O–H groups in total. The standard InChI is InChI=1S/C21H30O4/c1-19-8-5-14(23)11-13(19)3-4-16-15(19)6-9-20(2)17(18(24)12-22)7-10-21(16,20)25/h11,15-17,22,25H,3-10,12H2,1-2H3/t15-,16+,17+,19-,20+,21+/m0/s1. The number of ketones is 2. The van der Waals surface area contributed by atoms with Crippen molar-refractivity contribution in [2.75, 3.05) is 6.61 Å². The van der Waals surface area contributed by atoms with Gasteiger partial charge in [-0.1, -0.05) is 19.4 Å². The van der Waals surface area contributed by atoms with Crippen LogP contribution in [0.5, 0.6) is 0 Å². The van der Waals surface area contributed by atoms with E-state index in [1.54, 1.807) is 0 Å². The van der Waals surface area contributed by atoms with Gasteiger partial charge in [0.1, 0.15) is 6.61 Å². The first kappa shape index (κ1) is 17.4. The van der Waals surface area contributed by atoms with Gasteiger partial charge in [-0.3, -0.25) is 9.59 Å². The minimum absolute atomic E-state index is 0.0208. The molecule has 4 rings (SSSR count). The number of aliphatic hydroxyl groups is 2. The third kappa shape index (κ3) is 2.13. The molecule has 0 bridgehead atoms. The molecule has 0 heterocycles. The van der Waals surface area contributed by atoms with Gasteiger partial charge in [0.15, 0.2) is 11.6 Å². The Labute approximate surface area is 149 Å². The molecule has 0 amide bonds. The van der Waals surface area contributed by atoms with Crippen molar-refractivity contribution in [3.05, 3.63) is 11.6 Å². The monoisotopic (exact) mass is 346 g/mol. The van der Waals surface area contributed by atoms with Crippen molar-refractivity contribution in [1.29, 1.82) is 0 Å². The molecule has 0 aromatic carbocycles. The highest BCUT2D eigenvalue weighted by Gasteiger charge is 2.67. The summed E-state index contributed by atoms with van der Waals surface area (Å²) in [6.45, 7) is 3.95. The second-order valence-corrected chi connectivity index (χ2v) is 9.40. The maximum absolute atomic E-state index is 12.3. The summed E-state index contributed by atoms with van der Waals surface area (Å²) in [5.74, 6) is 0.503. The Morgan fingerprint density at radius 2 is 1.88 bits per heavy atom. The molecule has 0 aromatic heterocycles. The summed E-state index contributed by atoms with van der Waals surface area (Å²) < 4.78 is 0. The smallest absolute Gasteiger partial charge is 0.161 e. The number of Topliss-reactive ketones (excluding diaryl/α,β-unsaturated/α-hetero) is 1. The van der Waals surface area contributed by atoms with Crippen LogP contribution >= 0.6 is 0 Å². The lowest BCUT2D eigenvalue weighted by molar-refractivity contribution is -0.186. The van der Waals surface area contributed by atoms with E-state index in [9.17, 15) is 19.8 Å². The second-order valence-electron chi connectivity index (χ2n) is 9.40.